The Kier molecular flexibility index (Phi) is 6.06. The maximum absolute atomic E-state index is 12.2. The minimum absolute atomic E-state index is 0.187. The standard InChI is InChI=1S/C26H19N3O2S2/c30-25-23(33-26(32)27-25)15-20-16-29(21-9-5-2-6-10-21)28-24(20)19-11-13-22(14-12-19)31-17-18-7-3-1-4-8-18/h1-16H,17H2,(H,27,30,32). The van der Waals surface area contributed by atoms with Crippen LogP contribution in [0, 0.1) is 0 Å². The fraction of sp³-hybridized carbons (Fsp3) is 0.0385. The Morgan fingerprint density at radius 3 is 2.33 bits per heavy atom. The van der Waals surface area contributed by atoms with Gasteiger partial charge in [-0.1, -0.05) is 72.5 Å². The molecule has 1 fully saturated rings. The van der Waals surface area contributed by atoms with Crippen LogP contribution in [-0.4, -0.2) is 20.0 Å². The lowest BCUT2D eigenvalue weighted by atomic mass is 10.1. The lowest BCUT2D eigenvalue weighted by Crippen LogP contribution is -2.17. The topological polar surface area (TPSA) is 56.2 Å². The summed E-state index contributed by atoms with van der Waals surface area (Å²) in [5, 5.41) is 7.48. The Morgan fingerprint density at radius 1 is 0.970 bits per heavy atom. The van der Waals surface area contributed by atoms with Crippen molar-refractivity contribution in [1.82, 2.24) is 15.1 Å². The number of nitrogens with one attached hydrogen (secondary N) is 1. The maximum Gasteiger partial charge on any atom is 0.263 e. The summed E-state index contributed by atoms with van der Waals surface area (Å²) in [6.07, 6.45) is 3.76. The van der Waals surface area contributed by atoms with Crippen LogP contribution in [0.3, 0.4) is 0 Å². The van der Waals surface area contributed by atoms with Gasteiger partial charge in [0.25, 0.3) is 5.91 Å². The van der Waals surface area contributed by atoms with E-state index >= 15 is 0 Å². The average Bonchev–Trinajstić information content (AvgIpc) is 3.41. The van der Waals surface area contributed by atoms with E-state index in [4.69, 9.17) is 22.1 Å². The third-order valence-electron chi connectivity index (χ3n) is 5.07. The average molecular weight is 470 g/mol. The summed E-state index contributed by atoms with van der Waals surface area (Å²) in [5.41, 5.74) is 4.58. The van der Waals surface area contributed by atoms with Crippen LogP contribution in [0.1, 0.15) is 11.1 Å². The van der Waals surface area contributed by atoms with E-state index in [1.54, 1.807) is 0 Å². The molecule has 0 aliphatic carbocycles. The molecule has 0 saturated carbocycles. The van der Waals surface area contributed by atoms with Gasteiger partial charge in [0.1, 0.15) is 16.7 Å². The highest BCUT2D eigenvalue weighted by molar-refractivity contribution is 8.26. The number of ether oxygens (including phenoxy) is 1. The molecule has 7 heteroatoms. The van der Waals surface area contributed by atoms with Gasteiger partial charge in [0, 0.05) is 17.3 Å². The van der Waals surface area contributed by atoms with Gasteiger partial charge in [-0.05, 0) is 48.0 Å². The molecule has 5 nitrogen and oxygen atoms in total. The van der Waals surface area contributed by atoms with Crippen LogP contribution in [-0.2, 0) is 11.4 Å². The Balaban J connectivity index is 1.46. The second kappa shape index (κ2) is 9.44. The van der Waals surface area contributed by atoms with Gasteiger partial charge >= 0.3 is 0 Å². The molecular weight excluding hydrogens is 450 g/mol. The second-order valence-electron chi connectivity index (χ2n) is 7.36. The number of hydrogen-bond donors (Lipinski definition) is 1. The minimum Gasteiger partial charge on any atom is -0.489 e. The van der Waals surface area contributed by atoms with E-state index in [0.29, 0.717) is 15.8 Å². The van der Waals surface area contributed by atoms with Crippen molar-refractivity contribution in [3.63, 3.8) is 0 Å². The number of thioether (sulfide) groups is 1. The summed E-state index contributed by atoms with van der Waals surface area (Å²) >= 11 is 6.39. The second-order valence-corrected chi connectivity index (χ2v) is 9.08. The van der Waals surface area contributed by atoms with E-state index in [2.05, 4.69) is 5.32 Å². The quantitative estimate of drug-likeness (QED) is 0.294. The first-order valence-electron chi connectivity index (χ1n) is 10.3. The molecule has 1 N–H and O–H groups in total. The van der Waals surface area contributed by atoms with Crippen LogP contribution in [0.2, 0.25) is 0 Å². The summed E-state index contributed by atoms with van der Waals surface area (Å²) in [5.74, 6) is 0.592. The van der Waals surface area contributed by atoms with Crippen LogP contribution >= 0.6 is 24.0 Å². The zero-order valence-electron chi connectivity index (χ0n) is 17.5. The molecular formula is C26H19N3O2S2. The lowest BCUT2D eigenvalue weighted by Gasteiger charge is -2.07. The predicted molar refractivity (Wildman–Crippen MR) is 136 cm³/mol. The molecule has 1 aliphatic rings. The van der Waals surface area contributed by atoms with E-state index < -0.39 is 0 Å². The van der Waals surface area contributed by atoms with Gasteiger partial charge in [0.05, 0.1) is 16.3 Å². The number of hydrogen-bond acceptors (Lipinski definition) is 5. The van der Waals surface area contributed by atoms with E-state index in [-0.39, 0.29) is 5.91 Å². The Hall–Kier alpha value is -3.68. The van der Waals surface area contributed by atoms with Gasteiger partial charge in [-0.15, -0.1) is 0 Å². The monoisotopic (exact) mass is 469 g/mol. The number of nitrogens with zero attached hydrogens (tertiary/aromatic N) is 2. The van der Waals surface area contributed by atoms with E-state index in [0.717, 1.165) is 33.8 Å². The molecule has 2 heterocycles. The van der Waals surface area contributed by atoms with Crippen molar-refractivity contribution in [2.75, 3.05) is 0 Å². The highest BCUT2D eigenvalue weighted by Crippen LogP contribution is 2.31. The molecule has 3 aromatic carbocycles. The normalized spacial score (nSPS) is 14.5. The van der Waals surface area contributed by atoms with Gasteiger partial charge < -0.3 is 10.1 Å². The minimum atomic E-state index is -0.187. The van der Waals surface area contributed by atoms with Gasteiger partial charge in [0.15, 0.2) is 0 Å². The highest BCUT2D eigenvalue weighted by atomic mass is 32.2. The first kappa shape index (κ1) is 21.2. The number of amides is 1. The van der Waals surface area contributed by atoms with Crippen molar-refractivity contribution >= 4 is 40.3 Å². The number of benzene rings is 3. The fourth-order valence-electron chi connectivity index (χ4n) is 3.44. The zero-order valence-corrected chi connectivity index (χ0v) is 19.1. The van der Waals surface area contributed by atoms with E-state index in [1.165, 1.54) is 11.8 Å². The van der Waals surface area contributed by atoms with Gasteiger partial charge in [-0.25, -0.2) is 4.68 Å². The molecule has 1 aliphatic heterocycles. The van der Waals surface area contributed by atoms with Gasteiger partial charge in [-0.3, -0.25) is 4.79 Å². The van der Waals surface area contributed by atoms with Crippen LogP contribution in [0.4, 0.5) is 0 Å². The lowest BCUT2D eigenvalue weighted by molar-refractivity contribution is -0.115. The molecule has 0 radical (unpaired) electrons. The number of thiocarbonyl (C=S) groups is 1. The van der Waals surface area contributed by atoms with Crippen LogP contribution in [0.25, 0.3) is 23.0 Å². The number of aromatic nitrogens is 2. The molecule has 162 valence electrons. The molecule has 0 atom stereocenters. The summed E-state index contributed by atoms with van der Waals surface area (Å²) in [7, 11) is 0. The molecule has 1 amide bonds. The first-order valence-corrected chi connectivity index (χ1v) is 11.6. The van der Waals surface area contributed by atoms with Crippen molar-refractivity contribution in [2.24, 2.45) is 0 Å². The largest absolute Gasteiger partial charge is 0.489 e. The van der Waals surface area contributed by atoms with Gasteiger partial charge in [0.2, 0.25) is 0 Å². The van der Waals surface area contributed by atoms with Crippen LogP contribution in [0.15, 0.2) is 96.0 Å². The molecule has 33 heavy (non-hydrogen) atoms. The zero-order chi connectivity index (χ0) is 22.6. The van der Waals surface area contributed by atoms with Crippen molar-refractivity contribution in [1.29, 1.82) is 0 Å². The molecule has 1 aromatic heterocycles. The fourth-order valence-corrected chi connectivity index (χ4v) is 4.48. The molecule has 4 aromatic rings. The van der Waals surface area contributed by atoms with Crippen LogP contribution < -0.4 is 10.1 Å². The third-order valence-corrected chi connectivity index (χ3v) is 6.23. The molecule has 0 spiro atoms. The number of carbonyl (C=O) groups is 1. The highest BCUT2D eigenvalue weighted by Gasteiger charge is 2.23. The molecule has 0 unspecified atom stereocenters. The molecule has 1 saturated heterocycles. The summed E-state index contributed by atoms with van der Waals surface area (Å²) in [4.78, 5) is 12.8. The Labute approximate surface area is 201 Å². The van der Waals surface area contributed by atoms with E-state index in [9.17, 15) is 4.79 Å². The SMILES string of the molecule is O=C1NC(=S)SC1=Cc1cn(-c2ccccc2)nc1-c1ccc(OCc2ccccc2)cc1. The Morgan fingerprint density at radius 2 is 1.67 bits per heavy atom. The Bertz CT molecular complexity index is 1330. The molecule has 0 bridgehead atoms. The third kappa shape index (κ3) is 4.89. The first-order chi connectivity index (χ1) is 16.2. The summed E-state index contributed by atoms with van der Waals surface area (Å²) in [6.45, 7) is 0.506. The number of rotatable bonds is 6. The van der Waals surface area contributed by atoms with Crippen molar-refractivity contribution < 1.29 is 9.53 Å². The summed E-state index contributed by atoms with van der Waals surface area (Å²) < 4.78 is 8.19. The maximum atomic E-state index is 12.2. The van der Waals surface area contributed by atoms with Gasteiger partial charge in [-0.2, -0.15) is 5.10 Å². The van der Waals surface area contributed by atoms with Crippen molar-refractivity contribution in [2.45, 2.75) is 6.61 Å². The number of carbonyl (C=O) groups excluding carboxylic acids is 1. The molecule has 5 rings (SSSR count). The summed E-state index contributed by atoms with van der Waals surface area (Å²) in [6, 6.07) is 27.7. The predicted octanol–water partition coefficient (Wildman–Crippen LogP) is 5.61. The smallest absolute Gasteiger partial charge is 0.263 e. The number of para-hydroxylation sites is 1. The van der Waals surface area contributed by atoms with Crippen molar-refractivity contribution in [3.05, 3.63) is 107 Å². The van der Waals surface area contributed by atoms with E-state index in [1.807, 2.05) is 102 Å². The van der Waals surface area contributed by atoms with Crippen molar-refractivity contribution in [3.8, 4) is 22.7 Å². The van der Waals surface area contributed by atoms with Crippen LogP contribution in [0.5, 0.6) is 5.75 Å².